The molecular weight excluding hydrogens is 268 g/mol. The number of hydrogen-bond acceptors (Lipinski definition) is 0. The lowest BCUT2D eigenvalue weighted by Crippen LogP contribution is -2.34. The van der Waals surface area contributed by atoms with E-state index in [0.717, 1.165) is 0 Å². The summed E-state index contributed by atoms with van der Waals surface area (Å²) in [7, 11) is -1.40. The van der Waals surface area contributed by atoms with Crippen LogP contribution in [0.2, 0.25) is 24.2 Å². The van der Waals surface area contributed by atoms with Crippen molar-refractivity contribution in [3.8, 4) is 0 Å². The monoisotopic (exact) mass is 300 g/mol. The van der Waals surface area contributed by atoms with Crippen LogP contribution in [-0.4, -0.2) is 8.07 Å². The quantitative estimate of drug-likeness (QED) is 0.509. The lowest BCUT2D eigenvalue weighted by molar-refractivity contribution is 0.517. The van der Waals surface area contributed by atoms with E-state index in [1.807, 2.05) is 0 Å². The average molecular weight is 301 g/mol. The molecule has 0 spiro atoms. The van der Waals surface area contributed by atoms with Gasteiger partial charge in [-0.3, -0.25) is 0 Å². The minimum absolute atomic E-state index is 0.271. The first-order valence-electron chi connectivity index (χ1n) is 8.23. The molecule has 0 aromatic heterocycles. The summed E-state index contributed by atoms with van der Waals surface area (Å²) < 4.78 is 0. The topological polar surface area (TPSA) is 0 Å². The highest BCUT2D eigenvalue weighted by Crippen LogP contribution is 2.46. The number of hydrogen-bond donors (Lipinski definition) is 0. The zero-order chi connectivity index (χ0) is 16.1. The summed E-state index contributed by atoms with van der Waals surface area (Å²) in [5, 5.41) is 0. The molecule has 0 amide bonds. The fourth-order valence-corrected chi connectivity index (χ4v) is 6.02. The van der Waals surface area contributed by atoms with Gasteiger partial charge >= 0.3 is 0 Å². The lowest BCUT2D eigenvalue weighted by atomic mass is 9.87. The van der Waals surface area contributed by atoms with Gasteiger partial charge in [-0.25, -0.2) is 0 Å². The predicted molar refractivity (Wildman–Crippen MR) is 98.3 cm³/mol. The Hall–Kier alpha value is -0.823. The smallest absolute Gasteiger partial charge is 0.0699 e. The Morgan fingerprint density at radius 3 is 1.29 bits per heavy atom. The van der Waals surface area contributed by atoms with Gasteiger partial charge in [-0.15, -0.1) is 0 Å². The second-order valence-corrected chi connectivity index (χ2v) is 14.3. The highest BCUT2D eigenvalue weighted by Gasteiger charge is 2.39. The van der Waals surface area contributed by atoms with Crippen LogP contribution >= 0.6 is 0 Å². The summed E-state index contributed by atoms with van der Waals surface area (Å²) >= 11 is 0. The molecule has 0 nitrogen and oxygen atoms in total. The van der Waals surface area contributed by atoms with Crippen LogP contribution in [0.3, 0.4) is 0 Å². The van der Waals surface area contributed by atoms with Crippen molar-refractivity contribution < 1.29 is 0 Å². The minimum Gasteiger partial charge on any atom is -0.0800 e. The third kappa shape index (κ3) is 3.34. The Kier molecular flexibility index (Phi) is 4.03. The zero-order valence-corrected chi connectivity index (χ0v) is 16.1. The molecule has 0 fully saturated rings. The van der Waals surface area contributed by atoms with E-state index in [2.05, 4.69) is 91.1 Å². The summed E-state index contributed by atoms with van der Waals surface area (Å²) in [6.45, 7) is 19.0. The van der Waals surface area contributed by atoms with Gasteiger partial charge in [0, 0.05) is 0 Å². The Morgan fingerprint density at radius 1 is 0.714 bits per heavy atom. The van der Waals surface area contributed by atoms with Gasteiger partial charge in [0.05, 0.1) is 8.07 Å². The third-order valence-corrected chi connectivity index (χ3v) is 9.29. The van der Waals surface area contributed by atoms with E-state index in [9.17, 15) is 0 Å². The van der Waals surface area contributed by atoms with E-state index in [-0.39, 0.29) is 10.8 Å². The Bertz CT molecular complexity index is 479. The van der Waals surface area contributed by atoms with Gasteiger partial charge in [0.2, 0.25) is 0 Å². The fraction of sp³-hybridized carbons (Fsp3) is 0.600. The van der Waals surface area contributed by atoms with E-state index < -0.39 is 8.07 Å². The molecule has 0 heterocycles. The first-order chi connectivity index (χ1) is 9.42. The highest BCUT2D eigenvalue weighted by molar-refractivity contribution is 6.82. The average Bonchev–Trinajstić information content (AvgIpc) is 2.97. The molecule has 2 unspecified atom stereocenters. The van der Waals surface area contributed by atoms with Crippen molar-refractivity contribution in [2.75, 3.05) is 0 Å². The molecule has 0 saturated carbocycles. The lowest BCUT2D eigenvalue weighted by Gasteiger charge is -2.32. The molecular formula is C20H32Si. The van der Waals surface area contributed by atoms with Gasteiger partial charge in [-0.05, 0) is 33.1 Å². The normalized spacial score (nSPS) is 26.3. The van der Waals surface area contributed by atoms with Crippen LogP contribution in [0.15, 0.2) is 47.6 Å². The second kappa shape index (κ2) is 5.12. The van der Waals surface area contributed by atoms with Crippen LogP contribution in [0.5, 0.6) is 0 Å². The van der Waals surface area contributed by atoms with Crippen LogP contribution in [0, 0.1) is 10.8 Å². The number of allylic oxidation sites excluding steroid dienone is 8. The molecule has 0 aromatic rings. The fourth-order valence-electron chi connectivity index (χ4n) is 3.17. The maximum Gasteiger partial charge on any atom is 0.0699 e. The zero-order valence-electron chi connectivity index (χ0n) is 15.1. The molecule has 0 aliphatic heterocycles. The number of rotatable bonds is 2. The van der Waals surface area contributed by atoms with Gasteiger partial charge in [-0.2, -0.15) is 0 Å². The van der Waals surface area contributed by atoms with Crippen LogP contribution in [-0.2, 0) is 0 Å². The van der Waals surface area contributed by atoms with E-state index in [4.69, 9.17) is 0 Å². The largest absolute Gasteiger partial charge is 0.0800 e. The van der Waals surface area contributed by atoms with Gasteiger partial charge in [0.1, 0.15) is 0 Å². The first kappa shape index (κ1) is 16.5. The standard InChI is InChI=1S/C20H32Si/c1-19(2,3)15-9-11-17(13-15)21(7,8)18-12-10-16(14-18)20(4,5)6/h9-14,17-18H,1-8H3. The van der Waals surface area contributed by atoms with Crippen molar-refractivity contribution in [3.63, 3.8) is 0 Å². The Morgan fingerprint density at radius 2 is 1.05 bits per heavy atom. The van der Waals surface area contributed by atoms with E-state index in [1.54, 1.807) is 0 Å². The molecule has 1 heteroatoms. The molecule has 0 aromatic carbocycles. The highest BCUT2D eigenvalue weighted by atomic mass is 28.3. The Balaban J connectivity index is 2.23. The molecule has 0 bridgehead atoms. The molecule has 0 saturated heterocycles. The summed E-state index contributed by atoms with van der Waals surface area (Å²) in [4.78, 5) is 0. The van der Waals surface area contributed by atoms with Gasteiger partial charge in [-0.1, -0.05) is 91.1 Å². The third-order valence-electron chi connectivity index (χ3n) is 5.13. The van der Waals surface area contributed by atoms with Crippen LogP contribution in [0.1, 0.15) is 41.5 Å². The molecule has 2 aliphatic carbocycles. The van der Waals surface area contributed by atoms with Crippen molar-refractivity contribution in [2.24, 2.45) is 10.8 Å². The summed E-state index contributed by atoms with van der Waals surface area (Å²) in [5.41, 5.74) is 4.89. The maximum absolute atomic E-state index is 2.54. The summed E-state index contributed by atoms with van der Waals surface area (Å²) in [5.74, 6) is 0. The van der Waals surface area contributed by atoms with Crippen molar-refractivity contribution in [1.29, 1.82) is 0 Å². The van der Waals surface area contributed by atoms with Gasteiger partial charge in [0.15, 0.2) is 0 Å². The SMILES string of the molecule is CC(C)(C)C1=CC([Si](C)(C)C2C=CC(C(C)(C)C)=C2)C=C1. The maximum atomic E-state index is 2.54. The molecule has 2 rings (SSSR count). The molecule has 21 heavy (non-hydrogen) atoms. The molecule has 116 valence electrons. The van der Waals surface area contributed by atoms with Crippen LogP contribution in [0.4, 0.5) is 0 Å². The van der Waals surface area contributed by atoms with E-state index in [1.165, 1.54) is 11.1 Å². The van der Waals surface area contributed by atoms with E-state index in [0.29, 0.717) is 11.1 Å². The molecule has 2 aliphatic rings. The minimum atomic E-state index is -1.40. The van der Waals surface area contributed by atoms with E-state index >= 15 is 0 Å². The second-order valence-electron chi connectivity index (χ2n) is 9.34. The van der Waals surface area contributed by atoms with Crippen molar-refractivity contribution in [3.05, 3.63) is 47.6 Å². The summed E-state index contributed by atoms with van der Waals surface area (Å²) in [6, 6.07) is 0. The summed E-state index contributed by atoms with van der Waals surface area (Å²) in [6.07, 6.45) is 14.7. The molecule has 0 N–H and O–H groups in total. The molecule has 2 atom stereocenters. The first-order valence-corrected chi connectivity index (χ1v) is 11.4. The van der Waals surface area contributed by atoms with Gasteiger partial charge < -0.3 is 0 Å². The van der Waals surface area contributed by atoms with Crippen LogP contribution in [0.25, 0.3) is 0 Å². The van der Waals surface area contributed by atoms with Crippen LogP contribution < -0.4 is 0 Å². The predicted octanol–water partition coefficient (Wildman–Crippen LogP) is 6.52. The Labute approximate surface area is 132 Å². The van der Waals surface area contributed by atoms with Crippen molar-refractivity contribution >= 4 is 8.07 Å². The van der Waals surface area contributed by atoms with Gasteiger partial charge in [0.25, 0.3) is 0 Å². The van der Waals surface area contributed by atoms with Crippen molar-refractivity contribution in [2.45, 2.75) is 65.7 Å². The van der Waals surface area contributed by atoms with Crippen molar-refractivity contribution in [1.82, 2.24) is 0 Å². The molecule has 0 radical (unpaired) electrons.